The van der Waals surface area contributed by atoms with Crippen molar-refractivity contribution in [2.24, 2.45) is 0 Å². The lowest BCUT2D eigenvalue weighted by molar-refractivity contribution is -0.132. The molecule has 222 valence electrons. The van der Waals surface area contributed by atoms with Gasteiger partial charge in [-0.25, -0.2) is 4.98 Å². The zero-order valence-corrected chi connectivity index (χ0v) is 25.5. The summed E-state index contributed by atoms with van der Waals surface area (Å²) in [5.74, 6) is -0.256. The van der Waals surface area contributed by atoms with Crippen LogP contribution in [0.5, 0.6) is 17.2 Å². The van der Waals surface area contributed by atoms with Gasteiger partial charge in [0.15, 0.2) is 16.6 Å². The minimum absolute atomic E-state index is 0.0273. The summed E-state index contributed by atoms with van der Waals surface area (Å²) >= 11 is 1.26. The van der Waals surface area contributed by atoms with Crippen LogP contribution in [-0.2, 0) is 16.2 Å². The molecule has 2 heterocycles. The normalized spacial score (nSPS) is 16.0. The van der Waals surface area contributed by atoms with E-state index in [0.717, 1.165) is 21.4 Å². The van der Waals surface area contributed by atoms with Crippen molar-refractivity contribution in [1.29, 1.82) is 0 Å². The maximum atomic E-state index is 13.8. The Morgan fingerprint density at radius 1 is 0.909 bits per heavy atom. The molecule has 6 rings (SSSR count). The first-order chi connectivity index (χ1) is 21.3. The van der Waals surface area contributed by atoms with E-state index in [1.54, 1.807) is 43.5 Å². The Labute approximate surface area is 258 Å². The van der Waals surface area contributed by atoms with Gasteiger partial charge in [-0.1, -0.05) is 65.4 Å². The van der Waals surface area contributed by atoms with Crippen LogP contribution in [0.2, 0.25) is 0 Å². The fourth-order valence-corrected chi connectivity index (χ4v) is 6.33. The van der Waals surface area contributed by atoms with Gasteiger partial charge in [0.25, 0.3) is 5.78 Å². The van der Waals surface area contributed by atoms with Crippen LogP contribution in [0.1, 0.15) is 33.9 Å². The molecule has 5 aromatic rings. The number of aryl methyl sites for hydroxylation is 2. The number of aliphatic hydroxyl groups is 1. The molecule has 1 aliphatic rings. The van der Waals surface area contributed by atoms with E-state index in [4.69, 9.17) is 19.2 Å². The number of ketones is 1. The van der Waals surface area contributed by atoms with Crippen molar-refractivity contribution >= 4 is 44.1 Å². The van der Waals surface area contributed by atoms with Crippen LogP contribution in [0.15, 0.2) is 90.5 Å². The van der Waals surface area contributed by atoms with Crippen LogP contribution in [-0.4, -0.2) is 36.0 Å². The highest BCUT2D eigenvalue weighted by Gasteiger charge is 2.48. The highest BCUT2D eigenvalue weighted by molar-refractivity contribution is 7.22. The Morgan fingerprint density at radius 3 is 2.45 bits per heavy atom. The monoisotopic (exact) mass is 606 g/mol. The summed E-state index contributed by atoms with van der Waals surface area (Å²) in [6.45, 7) is 4.08. The number of fused-ring (bicyclic) bond motifs is 1. The van der Waals surface area contributed by atoms with Gasteiger partial charge >= 0.3 is 5.91 Å². The molecule has 1 unspecified atom stereocenters. The third-order valence-electron chi connectivity index (χ3n) is 7.62. The first-order valence-electron chi connectivity index (χ1n) is 14.0. The summed E-state index contributed by atoms with van der Waals surface area (Å²) in [6, 6.07) is 25.1. The summed E-state index contributed by atoms with van der Waals surface area (Å²) < 4.78 is 17.9. The van der Waals surface area contributed by atoms with Crippen molar-refractivity contribution in [3.05, 3.63) is 118 Å². The van der Waals surface area contributed by atoms with Crippen LogP contribution in [0, 0.1) is 13.8 Å². The topological polar surface area (TPSA) is 98.2 Å². The first-order valence-corrected chi connectivity index (χ1v) is 14.8. The van der Waals surface area contributed by atoms with Crippen molar-refractivity contribution < 1.29 is 28.9 Å². The van der Waals surface area contributed by atoms with Gasteiger partial charge in [-0.3, -0.25) is 14.5 Å². The van der Waals surface area contributed by atoms with E-state index in [-0.39, 0.29) is 11.3 Å². The second kappa shape index (κ2) is 11.9. The minimum Gasteiger partial charge on any atom is -0.507 e. The standard InChI is InChI=1S/C35H30N2O6S/c1-20-10-11-21(2)25(16-20)32(38)30-31(23-12-15-27(28(17-23)42-4)43-19-22-8-6-5-7-9-22)37(34(40)33(30)39)35-36-26-14-13-24(41-3)18-29(26)44-35/h5-18,31,38H,19H2,1-4H3/b32-30+. The molecule has 1 aromatic heterocycles. The van der Waals surface area contributed by atoms with Crippen molar-refractivity contribution in [1.82, 2.24) is 4.98 Å². The molecule has 8 nitrogen and oxygen atoms in total. The average Bonchev–Trinajstić information content (AvgIpc) is 3.58. The van der Waals surface area contributed by atoms with E-state index in [2.05, 4.69) is 0 Å². The van der Waals surface area contributed by atoms with E-state index in [0.29, 0.717) is 45.6 Å². The van der Waals surface area contributed by atoms with Crippen LogP contribution < -0.4 is 19.1 Å². The summed E-state index contributed by atoms with van der Waals surface area (Å²) in [4.78, 5) is 33.6. The highest BCUT2D eigenvalue weighted by atomic mass is 32.1. The number of amides is 1. The Morgan fingerprint density at radius 2 is 1.70 bits per heavy atom. The molecular formula is C35H30N2O6S. The summed E-state index contributed by atoms with van der Waals surface area (Å²) in [6.07, 6.45) is 0. The SMILES string of the molecule is COc1ccc2nc(N3C(=O)C(=O)/C(=C(/O)c4cc(C)ccc4C)C3c3ccc(OCc4ccccc4)c(OC)c3)sc2c1. The lowest BCUT2D eigenvalue weighted by Crippen LogP contribution is -2.29. The number of benzene rings is 4. The number of aromatic nitrogens is 1. The number of carbonyl (C=O) groups is 2. The Balaban J connectivity index is 1.50. The summed E-state index contributed by atoms with van der Waals surface area (Å²) in [5, 5.41) is 12.0. The Hall–Kier alpha value is -5.15. The van der Waals surface area contributed by atoms with Gasteiger partial charge in [0.2, 0.25) is 0 Å². The minimum atomic E-state index is -0.977. The maximum Gasteiger partial charge on any atom is 0.301 e. The number of thiazole rings is 1. The summed E-state index contributed by atoms with van der Waals surface area (Å²) in [5.41, 5.74) is 4.34. The Bertz CT molecular complexity index is 1930. The fourth-order valence-electron chi connectivity index (χ4n) is 5.31. The molecule has 0 radical (unpaired) electrons. The van der Waals surface area contributed by atoms with E-state index >= 15 is 0 Å². The quantitative estimate of drug-likeness (QED) is 0.114. The molecule has 1 atom stereocenters. The van der Waals surface area contributed by atoms with Gasteiger partial charge in [-0.05, 0) is 66.9 Å². The zero-order valence-electron chi connectivity index (χ0n) is 24.7. The van der Waals surface area contributed by atoms with Gasteiger partial charge in [-0.15, -0.1) is 0 Å². The second-order valence-electron chi connectivity index (χ2n) is 10.5. The number of hydrogen-bond donors (Lipinski definition) is 1. The lowest BCUT2D eigenvalue weighted by Gasteiger charge is -2.24. The third-order valence-corrected chi connectivity index (χ3v) is 8.64. The van der Waals surface area contributed by atoms with Crippen LogP contribution in [0.3, 0.4) is 0 Å². The van der Waals surface area contributed by atoms with Crippen LogP contribution in [0.4, 0.5) is 5.13 Å². The largest absolute Gasteiger partial charge is 0.507 e. The molecule has 4 aromatic carbocycles. The number of anilines is 1. The number of carbonyl (C=O) groups excluding carboxylic acids is 2. The first kappa shape index (κ1) is 28.9. The molecule has 0 spiro atoms. The number of methoxy groups -OCH3 is 2. The van der Waals surface area contributed by atoms with Gasteiger partial charge in [0.1, 0.15) is 18.1 Å². The number of hydrogen-bond acceptors (Lipinski definition) is 8. The smallest absolute Gasteiger partial charge is 0.301 e. The van der Waals surface area contributed by atoms with Crippen LogP contribution >= 0.6 is 11.3 Å². The van der Waals surface area contributed by atoms with E-state index in [1.165, 1.54) is 23.3 Å². The van der Waals surface area contributed by atoms with Gasteiger partial charge in [0.05, 0.1) is 36.1 Å². The zero-order chi connectivity index (χ0) is 31.0. The predicted octanol–water partition coefficient (Wildman–Crippen LogP) is 7.14. The second-order valence-corrected chi connectivity index (χ2v) is 11.5. The number of nitrogens with zero attached hydrogens (tertiary/aromatic N) is 2. The number of ether oxygens (including phenoxy) is 3. The molecule has 1 N–H and O–H groups in total. The van der Waals surface area contributed by atoms with Crippen molar-refractivity contribution in [2.75, 3.05) is 19.1 Å². The van der Waals surface area contributed by atoms with Crippen LogP contribution in [0.25, 0.3) is 16.0 Å². The summed E-state index contributed by atoms with van der Waals surface area (Å²) in [7, 11) is 3.11. The van der Waals surface area contributed by atoms with Gasteiger partial charge < -0.3 is 19.3 Å². The number of rotatable bonds is 8. The van der Waals surface area contributed by atoms with Crippen molar-refractivity contribution in [3.8, 4) is 17.2 Å². The molecule has 1 aliphatic heterocycles. The maximum absolute atomic E-state index is 13.8. The van der Waals surface area contributed by atoms with Gasteiger partial charge in [0, 0.05) is 5.56 Å². The molecule has 0 saturated carbocycles. The molecule has 0 aliphatic carbocycles. The molecule has 1 amide bonds. The van der Waals surface area contributed by atoms with E-state index in [9.17, 15) is 14.7 Å². The molecule has 9 heteroatoms. The molecule has 1 fully saturated rings. The number of aliphatic hydroxyl groups excluding tert-OH is 1. The third kappa shape index (κ3) is 5.26. The van der Waals surface area contributed by atoms with Crippen molar-refractivity contribution in [3.63, 3.8) is 0 Å². The Kier molecular flexibility index (Phi) is 7.80. The van der Waals surface area contributed by atoms with E-state index < -0.39 is 17.7 Å². The molecule has 1 saturated heterocycles. The van der Waals surface area contributed by atoms with E-state index in [1.807, 2.05) is 62.4 Å². The lowest BCUT2D eigenvalue weighted by atomic mass is 9.93. The number of Topliss-reactive ketones (excluding diaryl/α,β-unsaturated/α-hetero) is 1. The molecule has 44 heavy (non-hydrogen) atoms. The highest BCUT2D eigenvalue weighted by Crippen LogP contribution is 2.46. The fraction of sp³-hybridized carbons (Fsp3) is 0.171. The average molecular weight is 607 g/mol. The van der Waals surface area contributed by atoms with Crippen molar-refractivity contribution in [2.45, 2.75) is 26.5 Å². The predicted molar refractivity (Wildman–Crippen MR) is 171 cm³/mol. The molecular weight excluding hydrogens is 576 g/mol. The molecule has 0 bridgehead atoms. The van der Waals surface area contributed by atoms with Gasteiger partial charge in [-0.2, -0.15) is 0 Å².